The van der Waals surface area contributed by atoms with Gasteiger partial charge in [0.25, 0.3) is 0 Å². The molecule has 2 heterocycles. The summed E-state index contributed by atoms with van der Waals surface area (Å²) in [5, 5.41) is 62.8. The summed E-state index contributed by atoms with van der Waals surface area (Å²) in [5.74, 6) is -2.55. The Morgan fingerprint density at radius 3 is 1.30 bits per heavy atom. The van der Waals surface area contributed by atoms with Crippen molar-refractivity contribution in [3.63, 3.8) is 0 Å². The molecule has 0 aliphatic heterocycles. The number of aliphatic hydroxyl groups excluding tert-OH is 4. The van der Waals surface area contributed by atoms with Crippen LogP contribution in [0.5, 0.6) is 0 Å². The quantitative estimate of drug-likeness (QED) is 0.0843. The van der Waals surface area contributed by atoms with E-state index in [9.17, 15) is 49.0 Å². The standard InChI is InChI=1S/2C25H24FNO4.Ca/c2*26-18-9-6-15(7-10-18)21-2-1-3-23-22(21)12-17(25(27-23)16-4-5-16)8-11-19(28)13-20(29)14-24(30)31;/h2*1-3,6-12,16,19-20,28-29H,4-5,13-14H2,(H,30,31);/q;;+2/p-2/b2*11-8+;/t2*19-,20-;/m11./s1. The molecule has 2 aliphatic carbocycles. The second kappa shape index (κ2) is 21.6. The number of pyridine rings is 2. The zero-order valence-corrected chi connectivity index (χ0v) is 36.7. The van der Waals surface area contributed by atoms with Gasteiger partial charge < -0.3 is 40.2 Å². The topological polar surface area (TPSA) is 187 Å². The number of carbonyl (C=O) groups excluding carboxylic acids is 2. The number of carbonyl (C=O) groups is 2. The van der Waals surface area contributed by atoms with E-state index in [1.165, 1.54) is 24.3 Å². The number of hydrogen-bond acceptors (Lipinski definition) is 10. The molecule has 0 spiro atoms. The van der Waals surface area contributed by atoms with E-state index >= 15 is 0 Å². The third-order valence-electron chi connectivity index (χ3n) is 10.9. The molecule has 13 heteroatoms. The number of hydrogen-bond donors (Lipinski definition) is 4. The Hall–Kier alpha value is -4.92. The Labute approximate surface area is 393 Å². The van der Waals surface area contributed by atoms with Crippen molar-refractivity contribution in [2.24, 2.45) is 0 Å². The van der Waals surface area contributed by atoms with Crippen molar-refractivity contribution < 1.29 is 49.0 Å². The van der Waals surface area contributed by atoms with Gasteiger partial charge in [0.15, 0.2) is 0 Å². The number of halogens is 2. The van der Waals surface area contributed by atoms with E-state index in [1.807, 2.05) is 48.5 Å². The molecule has 4 atom stereocenters. The molecule has 10 nitrogen and oxygen atoms in total. The van der Waals surface area contributed by atoms with Gasteiger partial charge in [-0.3, -0.25) is 9.97 Å². The van der Waals surface area contributed by atoms with Crippen LogP contribution in [-0.2, 0) is 9.59 Å². The summed E-state index contributed by atoms with van der Waals surface area (Å²) in [6, 6.07) is 28.4. The van der Waals surface area contributed by atoms with Crippen LogP contribution in [0.4, 0.5) is 8.78 Å². The molecule has 8 rings (SSSR count). The molecule has 2 fully saturated rings. The molecule has 0 bridgehead atoms. The fraction of sp³-hybridized carbons (Fsp3) is 0.280. The summed E-state index contributed by atoms with van der Waals surface area (Å²) >= 11 is 0. The van der Waals surface area contributed by atoms with E-state index in [0.717, 1.165) is 92.3 Å². The number of rotatable bonds is 16. The number of aromatic nitrogens is 2. The van der Waals surface area contributed by atoms with Gasteiger partial charge in [0.05, 0.1) is 46.8 Å². The van der Waals surface area contributed by atoms with Gasteiger partial charge in [-0.2, -0.15) is 0 Å². The van der Waals surface area contributed by atoms with Gasteiger partial charge in [-0.25, -0.2) is 8.78 Å². The molecule has 0 saturated heterocycles. The van der Waals surface area contributed by atoms with Crippen LogP contribution in [0.2, 0.25) is 0 Å². The van der Waals surface area contributed by atoms with Crippen LogP contribution in [0.3, 0.4) is 0 Å². The van der Waals surface area contributed by atoms with Crippen LogP contribution in [0, 0.1) is 11.6 Å². The van der Waals surface area contributed by atoms with Gasteiger partial charge in [-0.15, -0.1) is 0 Å². The van der Waals surface area contributed by atoms with Crippen molar-refractivity contribution in [3.05, 3.63) is 143 Å². The van der Waals surface area contributed by atoms with Crippen LogP contribution in [0.1, 0.15) is 85.7 Å². The SMILES string of the molecule is O=C([O-])C[C@H](O)C[C@H](O)/C=C/c1cc2c(-c3ccc(F)cc3)cccc2nc1C1CC1.O=C([O-])C[C@H](O)C[C@H](O)/C=C/c1cc2c(-c3ccc(F)cc3)cccc2nc1C1CC1.[Ca+2]. The van der Waals surface area contributed by atoms with Crippen LogP contribution in [0.25, 0.3) is 56.2 Å². The molecular weight excluding hydrogens is 835 g/mol. The second-order valence-electron chi connectivity index (χ2n) is 16.0. The van der Waals surface area contributed by atoms with Gasteiger partial charge in [0, 0.05) is 60.2 Å². The maximum Gasteiger partial charge on any atom is 2.00 e. The van der Waals surface area contributed by atoms with Gasteiger partial charge in [-0.05, 0) is 108 Å². The normalized spacial score (nSPS) is 15.7. The number of aliphatic hydroxyl groups is 4. The first kappa shape index (κ1) is 47.6. The summed E-state index contributed by atoms with van der Waals surface area (Å²) in [6.45, 7) is 0. The minimum atomic E-state index is -1.35. The van der Waals surface area contributed by atoms with Crippen LogP contribution in [-0.4, -0.2) is 104 Å². The molecule has 63 heavy (non-hydrogen) atoms. The summed E-state index contributed by atoms with van der Waals surface area (Å²) in [5.41, 5.74) is 9.01. The maximum atomic E-state index is 13.4. The van der Waals surface area contributed by atoms with Crippen LogP contribution >= 0.6 is 0 Å². The molecule has 6 aromatic rings. The molecule has 4 N–H and O–H groups in total. The van der Waals surface area contributed by atoms with E-state index in [4.69, 9.17) is 9.97 Å². The van der Waals surface area contributed by atoms with Crippen LogP contribution in [0.15, 0.2) is 109 Å². The van der Waals surface area contributed by atoms with Crippen molar-refractivity contribution in [1.82, 2.24) is 9.97 Å². The Kier molecular flexibility index (Phi) is 16.3. The number of benzene rings is 4. The van der Waals surface area contributed by atoms with E-state index in [-0.39, 0.29) is 62.2 Å². The number of carboxylic acid groups (broad SMARTS) is 2. The average molecular weight is 881 g/mol. The van der Waals surface area contributed by atoms with Crippen molar-refractivity contribution in [2.45, 2.75) is 87.6 Å². The maximum absolute atomic E-state index is 13.4. The number of fused-ring (bicyclic) bond motifs is 2. The van der Waals surface area contributed by atoms with Gasteiger partial charge in [0.1, 0.15) is 11.6 Å². The smallest absolute Gasteiger partial charge is 0.550 e. The van der Waals surface area contributed by atoms with Crippen molar-refractivity contribution in [2.75, 3.05) is 0 Å². The van der Waals surface area contributed by atoms with Crippen LogP contribution < -0.4 is 10.2 Å². The number of nitrogens with zero attached hydrogens (tertiary/aromatic N) is 2. The van der Waals surface area contributed by atoms with Gasteiger partial charge in [-0.1, -0.05) is 72.8 Å². The second-order valence-corrected chi connectivity index (χ2v) is 16.0. The molecule has 2 aromatic heterocycles. The summed E-state index contributed by atoms with van der Waals surface area (Å²) in [6.07, 6.45) is 5.33. The van der Waals surface area contributed by atoms with Gasteiger partial charge in [0.2, 0.25) is 0 Å². The first-order chi connectivity index (χ1) is 29.8. The Balaban J connectivity index is 0.000000206. The summed E-state index contributed by atoms with van der Waals surface area (Å²) in [4.78, 5) is 30.9. The monoisotopic (exact) mass is 880 g/mol. The molecule has 2 saturated carbocycles. The predicted molar refractivity (Wildman–Crippen MR) is 235 cm³/mol. The molecule has 0 unspecified atom stereocenters. The van der Waals surface area contributed by atoms with E-state index in [2.05, 4.69) is 0 Å². The molecule has 2 aliphatic rings. The van der Waals surface area contributed by atoms with Crippen molar-refractivity contribution in [3.8, 4) is 22.3 Å². The van der Waals surface area contributed by atoms with Crippen molar-refractivity contribution in [1.29, 1.82) is 0 Å². The minimum Gasteiger partial charge on any atom is -0.550 e. The Morgan fingerprint density at radius 2 is 0.968 bits per heavy atom. The molecule has 0 amide bonds. The summed E-state index contributed by atoms with van der Waals surface area (Å²) in [7, 11) is 0. The predicted octanol–water partition coefficient (Wildman–Crippen LogP) is 5.99. The zero-order chi connectivity index (χ0) is 43.9. The first-order valence-corrected chi connectivity index (χ1v) is 20.7. The molecule has 4 aromatic carbocycles. The average Bonchev–Trinajstić information content (AvgIpc) is 4.17. The molecule has 0 radical (unpaired) electrons. The van der Waals surface area contributed by atoms with Gasteiger partial charge >= 0.3 is 37.7 Å². The fourth-order valence-electron chi connectivity index (χ4n) is 7.54. The third kappa shape index (κ3) is 13.1. The Bertz CT molecular complexity index is 2430. The Morgan fingerprint density at radius 1 is 0.603 bits per heavy atom. The zero-order valence-electron chi connectivity index (χ0n) is 34.4. The number of aliphatic carboxylic acids is 2. The van der Waals surface area contributed by atoms with E-state index in [0.29, 0.717) is 11.8 Å². The van der Waals surface area contributed by atoms with Crippen molar-refractivity contribution >= 4 is 83.6 Å². The number of carboxylic acids is 2. The molecular formula is C50H46CaF2N2O8. The largest absolute Gasteiger partial charge is 2.00 e. The van der Waals surface area contributed by atoms with E-state index < -0.39 is 49.2 Å². The van der Waals surface area contributed by atoms with E-state index in [1.54, 1.807) is 48.6 Å². The third-order valence-corrected chi connectivity index (χ3v) is 10.9. The summed E-state index contributed by atoms with van der Waals surface area (Å²) < 4.78 is 26.7. The first-order valence-electron chi connectivity index (χ1n) is 20.7. The fourth-order valence-corrected chi connectivity index (χ4v) is 7.54. The molecule has 320 valence electrons. The minimum absolute atomic E-state index is 0.